The van der Waals surface area contributed by atoms with E-state index in [1.54, 1.807) is 0 Å². The highest BCUT2D eigenvalue weighted by Gasteiger charge is 2.38. The predicted molar refractivity (Wildman–Crippen MR) is 74.5 cm³/mol. The SMILES string of the molecule is CC(C)(C)[Si](C)(C)OC(I)CCBr. The van der Waals surface area contributed by atoms with Crippen molar-refractivity contribution in [2.45, 2.75) is 49.4 Å². The zero-order valence-electron chi connectivity index (χ0n) is 9.16. The van der Waals surface area contributed by atoms with Crippen LogP contribution in [-0.4, -0.2) is 17.8 Å². The summed E-state index contributed by atoms with van der Waals surface area (Å²) in [4.78, 5) is 0. The standard InChI is InChI=1S/C9H20BrIOSi/c1-9(2,3)13(4,5)12-8(11)6-7-10/h8H,6-7H2,1-5H3. The molecule has 0 aromatic rings. The van der Waals surface area contributed by atoms with E-state index in [9.17, 15) is 0 Å². The Morgan fingerprint density at radius 3 is 2.15 bits per heavy atom. The van der Waals surface area contributed by atoms with E-state index in [-0.39, 0.29) is 0 Å². The number of hydrogen-bond acceptors (Lipinski definition) is 1. The molecule has 0 saturated carbocycles. The molecule has 4 heteroatoms. The van der Waals surface area contributed by atoms with Crippen molar-refractivity contribution in [3.8, 4) is 0 Å². The van der Waals surface area contributed by atoms with Crippen LogP contribution in [0.1, 0.15) is 27.2 Å². The van der Waals surface area contributed by atoms with Crippen molar-refractivity contribution in [3.05, 3.63) is 0 Å². The summed E-state index contributed by atoms with van der Waals surface area (Å²) in [5.41, 5.74) is 0. The van der Waals surface area contributed by atoms with Crippen LogP contribution >= 0.6 is 38.5 Å². The lowest BCUT2D eigenvalue weighted by Gasteiger charge is -2.37. The minimum Gasteiger partial charge on any atom is -0.405 e. The van der Waals surface area contributed by atoms with E-state index < -0.39 is 8.32 Å². The summed E-state index contributed by atoms with van der Waals surface area (Å²) in [5.74, 6) is 0. The predicted octanol–water partition coefficient (Wildman–Crippen LogP) is 4.55. The van der Waals surface area contributed by atoms with Crippen LogP contribution in [0.3, 0.4) is 0 Å². The molecular weight excluding hydrogens is 359 g/mol. The van der Waals surface area contributed by atoms with Crippen molar-refractivity contribution in [3.63, 3.8) is 0 Å². The van der Waals surface area contributed by atoms with Gasteiger partial charge in [0.05, 0.1) is 4.11 Å². The molecule has 0 fully saturated rings. The second-order valence-corrected chi connectivity index (χ2v) is 11.7. The molecule has 0 N–H and O–H groups in total. The lowest BCUT2D eigenvalue weighted by molar-refractivity contribution is 0.272. The Morgan fingerprint density at radius 2 is 1.85 bits per heavy atom. The maximum atomic E-state index is 6.14. The second-order valence-electron chi connectivity index (χ2n) is 4.77. The first-order valence-electron chi connectivity index (χ1n) is 4.58. The van der Waals surface area contributed by atoms with Crippen LogP contribution in [0, 0.1) is 0 Å². The fourth-order valence-electron chi connectivity index (χ4n) is 0.641. The first-order chi connectivity index (χ1) is 5.70. The highest BCUT2D eigenvalue weighted by Crippen LogP contribution is 2.38. The molecule has 1 atom stereocenters. The molecular formula is C9H20BrIOSi. The van der Waals surface area contributed by atoms with Gasteiger partial charge in [0.2, 0.25) is 0 Å². The van der Waals surface area contributed by atoms with Gasteiger partial charge in [-0.15, -0.1) is 0 Å². The Hall–Kier alpha value is 1.39. The molecule has 0 bridgehead atoms. The molecule has 0 amide bonds. The minimum absolute atomic E-state index is 0.322. The van der Waals surface area contributed by atoms with Gasteiger partial charge in [0.15, 0.2) is 8.32 Å². The second kappa shape index (κ2) is 5.46. The minimum atomic E-state index is -1.53. The molecule has 13 heavy (non-hydrogen) atoms. The smallest absolute Gasteiger partial charge is 0.193 e. The Bertz CT molecular complexity index is 156. The summed E-state index contributed by atoms with van der Waals surface area (Å²) < 4.78 is 6.50. The van der Waals surface area contributed by atoms with Crippen molar-refractivity contribution in [2.24, 2.45) is 0 Å². The third-order valence-electron chi connectivity index (χ3n) is 2.56. The van der Waals surface area contributed by atoms with Crippen LogP contribution in [0.4, 0.5) is 0 Å². The van der Waals surface area contributed by atoms with Crippen molar-refractivity contribution in [2.75, 3.05) is 5.33 Å². The summed E-state index contributed by atoms with van der Waals surface area (Å²) >= 11 is 5.83. The van der Waals surface area contributed by atoms with Gasteiger partial charge in [-0.2, -0.15) is 0 Å². The molecule has 0 aliphatic carbocycles. The van der Waals surface area contributed by atoms with Crippen LogP contribution in [0.25, 0.3) is 0 Å². The maximum absolute atomic E-state index is 6.14. The van der Waals surface area contributed by atoms with Gasteiger partial charge in [-0.3, -0.25) is 0 Å². The number of rotatable bonds is 4. The van der Waals surface area contributed by atoms with Gasteiger partial charge >= 0.3 is 0 Å². The third-order valence-corrected chi connectivity index (χ3v) is 8.87. The average Bonchev–Trinajstić information content (AvgIpc) is 1.83. The van der Waals surface area contributed by atoms with Crippen LogP contribution < -0.4 is 0 Å². The Labute approximate surface area is 105 Å². The zero-order valence-corrected chi connectivity index (χ0v) is 13.9. The first kappa shape index (κ1) is 14.4. The quantitative estimate of drug-likeness (QED) is 0.396. The van der Waals surface area contributed by atoms with Crippen LogP contribution in [0.5, 0.6) is 0 Å². The van der Waals surface area contributed by atoms with Gasteiger partial charge in [0.1, 0.15) is 0 Å². The molecule has 1 nitrogen and oxygen atoms in total. The van der Waals surface area contributed by atoms with Crippen LogP contribution in [0.15, 0.2) is 0 Å². The fourth-order valence-corrected chi connectivity index (χ4v) is 5.24. The lowest BCUT2D eigenvalue weighted by Crippen LogP contribution is -2.42. The highest BCUT2D eigenvalue weighted by atomic mass is 127. The molecule has 1 unspecified atom stereocenters. The largest absolute Gasteiger partial charge is 0.405 e. The number of hydrogen-bond donors (Lipinski definition) is 0. The van der Waals surface area contributed by atoms with Crippen molar-refractivity contribution in [1.29, 1.82) is 0 Å². The van der Waals surface area contributed by atoms with Gasteiger partial charge in [0.25, 0.3) is 0 Å². The summed E-state index contributed by atoms with van der Waals surface area (Å²) in [6, 6.07) is 0. The van der Waals surface area contributed by atoms with E-state index in [0.29, 0.717) is 9.15 Å². The molecule has 0 spiro atoms. The first-order valence-corrected chi connectivity index (χ1v) is 9.86. The van der Waals surface area contributed by atoms with E-state index in [1.165, 1.54) is 0 Å². The van der Waals surface area contributed by atoms with E-state index in [2.05, 4.69) is 72.4 Å². The molecule has 0 aliphatic heterocycles. The van der Waals surface area contributed by atoms with E-state index in [4.69, 9.17) is 4.43 Å². The number of alkyl halides is 2. The van der Waals surface area contributed by atoms with Gasteiger partial charge in [-0.25, -0.2) is 0 Å². The van der Waals surface area contributed by atoms with E-state index >= 15 is 0 Å². The van der Waals surface area contributed by atoms with E-state index in [0.717, 1.165) is 11.8 Å². The topological polar surface area (TPSA) is 9.23 Å². The normalized spacial score (nSPS) is 15.9. The maximum Gasteiger partial charge on any atom is 0.193 e. The van der Waals surface area contributed by atoms with E-state index in [1.807, 2.05) is 0 Å². The Kier molecular flexibility index (Phi) is 6.05. The molecule has 80 valence electrons. The summed E-state index contributed by atoms with van der Waals surface area (Å²) in [5, 5.41) is 1.35. The molecule has 0 aromatic heterocycles. The zero-order chi connectivity index (χ0) is 10.7. The van der Waals surface area contributed by atoms with Gasteiger partial charge < -0.3 is 4.43 Å². The van der Waals surface area contributed by atoms with Gasteiger partial charge in [-0.1, -0.05) is 59.3 Å². The van der Waals surface area contributed by atoms with Crippen molar-refractivity contribution < 1.29 is 4.43 Å². The lowest BCUT2D eigenvalue weighted by atomic mass is 10.2. The monoisotopic (exact) mass is 378 g/mol. The molecule has 0 radical (unpaired) electrons. The fraction of sp³-hybridized carbons (Fsp3) is 1.00. The molecule has 0 aromatic carbocycles. The highest BCUT2D eigenvalue weighted by molar-refractivity contribution is 14.1. The average molecular weight is 379 g/mol. The van der Waals surface area contributed by atoms with Crippen molar-refractivity contribution >= 4 is 46.8 Å². The van der Waals surface area contributed by atoms with Crippen LogP contribution in [-0.2, 0) is 4.43 Å². The third kappa shape index (κ3) is 5.13. The number of halogens is 2. The Balaban J connectivity index is 4.17. The molecule has 0 heterocycles. The molecule has 0 rings (SSSR count). The van der Waals surface area contributed by atoms with Gasteiger partial charge in [0, 0.05) is 5.33 Å². The summed E-state index contributed by atoms with van der Waals surface area (Å²) in [7, 11) is -1.53. The Morgan fingerprint density at radius 1 is 1.38 bits per heavy atom. The van der Waals surface area contributed by atoms with Crippen LogP contribution in [0.2, 0.25) is 18.1 Å². The summed E-state index contributed by atoms with van der Waals surface area (Å²) in [6.07, 6.45) is 1.09. The van der Waals surface area contributed by atoms with Gasteiger partial charge in [-0.05, 0) is 24.6 Å². The summed E-state index contributed by atoms with van der Waals surface area (Å²) in [6.45, 7) is 11.4. The molecule has 0 aliphatic rings. The molecule has 0 saturated heterocycles. The van der Waals surface area contributed by atoms with Crippen molar-refractivity contribution in [1.82, 2.24) is 0 Å².